The van der Waals surface area contributed by atoms with Gasteiger partial charge in [0.15, 0.2) is 5.69 Å². The maximum atomic E-state index is 12.5. The third kappa shape index (κ3) is 3.18. The Bertz CT molecular complexity index is 783. The first-order chi connectivity index (χ1) is 12.0. The summed E-state index contributed by atoms with van der Waals surface area (Å²) in [7, 11) is 3.51. The summed E-state index contributed by atoms with van der Waals surface area (Å²) in [4.78, 5) is 33.1. The lowest BCUT2D eigenvalue weighted by atomic mass is 10.2. The van der Waals surface area contributed by atoms with Gasteiger partial charge in [0.2, 0.25) is 0 Å². The maximum absolute atomic E-state index is 12.5. The van der Waals surface area contributed by atoms with Crippen molar-refractivity contribution in [3.63, 3.8) is 0 Å². The molecule has 0 saturated carbocycles. The first kappa shape index (κ1) is 17.3. The van der Waals surface area contributed by atoms with Crippen LogP contribution in [0.25, 0.3) is 5.52 Å². The quantitative estimate of drug-likeness (QED) is 0.926. The average molecular weight is 343 g/mol. The Kier molecular flexibility index (Phi) is 4.92. The standard InChI is InChI=1S/C18H25N5O2/c1-4-10-19-17(24)15-13-8-5-6-11-22(13)16(20-15)14-9-7-12-23(14)18(25)21(2)3/h5-6,8,11,14H,4,7,9-10,12H2,1-3H3,(H,19,24)/t14-/m1/s1. The van der Waals surface area contributed by atoms with Crippen molar-refractivity contribution in [2.45, 2.75) is 32.2 Å². The first-order valence-corrected chi connectivity index (χ1v) is 8.77. The molecule has 25 heavy (non-hydrogen) atoms. The van der Waals surface area contributed by atoms with Crippen molar-refractivity contribution < 1.29 is 9.59 Å². The molecule has 1 fully saturated rings. The lowest BCUT2D eigenvalue weighted by molar-refractivity contribution is 0.0950. The lowest BCUT2D eigenvalue weighted by Crippen LogP contribution is -2.39. The summed E-state index contributed by atoms with van der Waals surface area (Å²) >= 11 is 0. The van der Waals surface area contributed by atoms with E-state index >= 15 is 0 Å². The van der Waals surface area contributed by atoms with Crippen LogP contribution in [-0.2, 0) is 0 Å². The number of nitrogens with one attached hydrogen (secondary N) is 1. The number of aromatic nitrogens is 2. The number of imidazole rings is 1. The molecule has 2 aromatic rings. The molecule has 0 unspecified atom stereocenters. The van der Waals surface area contributed by atoms with Crippen LogP contribution >= 0.6 is 0 Å². The zero-order valence-corrected chi connectivity index (χ0v) is 15.0. The molecule has 1 aliphatic rings. The highest BCUT2D eigenvalue weighted by atomic mass is 16.2. The van der Waals surface area contributed by atoms with Gasteiger partial charge < -0.3 is 19.5 Å². The molecular weight excluding hydrogens is 318 g/mol. The van der Waals surface area contributed by atoms with Gasteiger partial charge in [0, 0.05) is 33.4 Å². The lowest BCUT2D eigenvalue weighted by Gasteiger charge is -2.27. The third-order valence-electron chi connectivity index (χ3n) is 4.51. The molecule has 1 aliphatic heterocycles. The minimum Gasteiger partial charge on any atom is -0.351 e. The van der Waals surface area contributed by atoms with Crippen LogP contribution in [0.3, 0.4) is 0 Å². The predicted octanol–water partition coefficient (Wildman–Crippen LogP) is 2.29. The van der Waals surface area contributed by atoms with Crippen LogP contribution in [-0.4, -0.2) is 58.3 Å². The van der Waals surface area contributed by atoms with Gasteiger partial charge in [-0.05, 0) is 31.4 Å². The van der Waals surface area contributed by atoms with E-state index in [1.165, 1.54) is 0 Å². The van der Waals surface area contributed by atoms with Gasteiger partial charge >= 0.3 is 6.03 Å². The van der Waals surface area contributed by atoms with Crippen molar-refractivity contribution in [1.29, 1.82) is 0 Å². The summed E-state index contributed by atoms with van der Waals surface area (Å²) in [5, 5.41) is 2.89. The Hall–Kier alpha value is -2.57. The number of hydrogen-bond acceptors (Lipinski definition) is 3. The second-order valence-electron chi connectivity index (χ2n) is 6.56. The Labute approximate surface area is 147 Å². The number of fused-ring (bicyclic) bond motifs is 1. The number of likely N-dealkylation sites (tertiary alicyclic amines) is 1. The van der Waals surface area contributed by atoms with E-state index in [4.69, 9.17) is 0 Å². The van der Waals surface area contributed by atoms with E-state index < -0.39 is 0 Å². The van der Waals surface area contributed by atoms with Crippen molar-refractivity contribution >= 4 is 17.5 Å². The largest absolute Gasteiger partial charge is 0.351 e. The van der Waals surface area contributed by atoms with Crippen LogP contribution in [0.2, 0.25) is 0 Å². The topological polar surface area (TPSA) is 70.0 Å². The smallest absolute Gasteiger partial charge is 0.320 e. The molecule has 1 atom stereocenters. The van der Waals surface area contributed by atoms with E-state index in [0.717, 1.165) is 30.6 Å². The van der Waals surface area contributed by atoms with Crippen LogP contribution in [0.5, 0.6) is 0 Å². The summed E-state index contributed by atoms with van der Waals surface area (Å²) in [6.45, 7) is 3.34. The van der Waals surface area contributed by atoms with Crippen molar-refractivity contribution in [2.24, 2.45) is 0 Å². The number of carbonyl (C=O) groups is 2. The highest BCUT2D eigenvalue weighted by molar-refractivity contribution is 5.99. The molecule has 0 radical (unpaired) electrons. The summed E-state index contributed by atoms with van der Waals surface area (Å²) in [6.07, 6.45) is 4.57. The summed E-state index contributed by atoms with van der Waals surface area (Å²) < 4.78 is 1.94. The van der Waals surface area contributed by atoms with Crippen LogP contribution < -0.4 is 5.32 Å². The number of hydrogen-bond donors (Lipinski definition) is 1. The molecule has 3 heterocycles. The van der Waals surface area contributed by atoms with E-state index in [9.17, 15) is 9.59 Å². The number of rotatable bonds is 4. The van der Waals surface area contributed by atoms with Gasteiger partial charge in [0.05, 0.1) is 11.6 Å². The molecule has 0 aliphatic carbocycles. The average Bonchev–Trinajstić information content (AvgIpc) is 3.23. The van der Waals surface area contributed by atoms with Gasteiger partial charge in [-0.1, -0.05) is 13.0 Å². The number of nitrogens with zero attached hydrogens (tertiary/aromatic N) is 4. The van der Waals surface area contributed by atoms with Crippen molar-refractivity contribution in [3.05, 3.63) is 35.9 Å². The molecule has 1 saturated heterocycles. The van der Waals surface area contributed by atoms with E-state index in [1.807, 2.05) is 40.6 Å². The normalized spacial score (nSPS) is 17.1. The second kappa shape index (κ2) is 7.13. The van der Waals surface area contributed by atoms with Crippen LogP contribution in [0.1, 0.15) is 48.5 Å². The van der Waals surface area contributed by atoms with Gasteiger partial charge in [0.25, 0.3) is 5.91 Å². The molecule has 3 rings (SSSR count). The summed E-state index contributed by atoms with van der Waals surface area (Å²) in [5.41, 5.74) is 1.20. The molecule has 3 amide bonds. The number of amides is 3. The SMILES string of the molecule is CCCNC(=O)c1nc([C@H]2CCCN2C(=O)N(C)C)n2ccccc12. The second-order valence-corrected chi connectivity index (χ2v) is 6.56. The van der Waals surface area contributed by atoms with Crippen molar-refractivity contribution in [3.8, 4) is 0 Å². The molecule has 134 valence electrons. The summed E-state index contributed by atoms with van der Waals surface area (Å²) in [6, 6.07) is 5.57. The van der Waals surface area contributed by atoms with Gasteiger partial charge in [0.1, 0.15) is 5.82 Å². The zero-order valence-electron chi connectivity index (χ0n) is 15.0. The highest BCUT2D eigenvalue weighted by Crippen LogP contribution is 2.33. The molecule has 7 nitrogen and oxygen atoms in total. The van der Waals surface area contributed by atoms with Crippen LogP contribution in [0.4, 0.5) is 4.79 Å². The van der Waals surface area contributed by atoms with E-state index in [1.54, 1.807) is 19.0 Å². The molecule has 1 N–H and O–H groups in total. The van der Waals surface area contributed by atoms with E-state index in [2.05, 4.69) is 10.3 Å². The monoisotopic (exact) mass is 343 g/mol. The van der Waals surface area contributed by atoms with Crippen molar-refractivity contribution in [2.75, 3.05) is 27.2 Å². The first-order valence-electron chi connectivity index (χ1n) is 8.77. The van der Waals surface area contributed by atoms with Gasteiger partial charge in [-0.15, -0.1) is 0 Å². The Balaban J connectivity index is 2.02. The highest BCUT2D eigenvalue weighted by Gasteiger charge is 2.34. The van der Waals surface area contributed by atoms with Gasteiger partial charge in [-0.25, -0.2) is 9.78 Å². The minimum atomic E-state index is -0.166. The number of urea groups is 1. The molecule has 0 aromatic carbocycles. The van der Waals surface area contributed by atoms with Crippen molar-refractivity contribution in [1.82, 2.24) is 24.5 Å². The Morgan fingerprint density at radius 1 is 1.36 bits per heavy atom. The predicted molar refractivity (Wildman–Crippen MR) is 95.6 cm³/mol. The van der Waals surface area contributed by atoms with Crippen LogP contribution in [0.15, 0.2) is 24.4 Å². The van der Waals surface area contributed by atoms with Crippen LogP contribution in [0, 0.1) is 0 Å². The van der Waals surface area contributed by atoms with E-state index in [-0.39, 0.29) is 18.0 Å². The molecule has 0 spiro atoms. The fraction of sp³-hybridized carbons (Fsp3) is 0.500. The molecule has 0 bridgehead atoms. The summed E-state index contributed by atoms with van der Waals surface area (Å²) in [5.74, 6) is 0.588. The maximum Gasteiger partial charge on any atom is 0.320 e. The Morgan fingerprint density at radius 2 is 2.16 bits per heavy atom. The van der Waals surface area contributed by atoms with Gasteiger partial charge in [-0.3, -0.25) is 4.79 Å². The molecule has 2 aromatic heterocycles. The fourth-order valence-electron chi connectivity index (χ4n) is 3.31. The third-order valence-corrected chi connectivity index (χ3v) is 4.51. The minimum absolute atomic E-state index is 0.0211. The van der Waals surface area contributed by atoms with Gasteiger partial charge in [-0.2, -0.15) is 0 Å². The zero-order chi connectivity index (χ0) is 18.0. The number of carbonyl (C=O) groups excluding carboxylic acids is 2. The number of pyridine rings is 1. The Morgan fingerprint density at radius 3 is 2.88 bits per heavy atom. The molecular formula is C18H25N5O2. The van der Waals surface area contributed by atoms with E-state index in [0.29, 0.717) is 18.8 Å². The molecule has 7 heteroatoms. The fourth-order valence-corrected chi connectivity index (χ4v) is 3.31.